The highest BCUT2D eigenvalue weighted by molar-refractivity contribution is 5.18. The minimum absolute atomic E-state index is 0.504. The molecule has 1 spiro atoms. The Morgan fingerprint density at radius 1 is 1.46 bits per heavy atom. The van der Waals surface area contributed by atoms with Crippen LogP contribution in [-0.2, 0) is 0 Å². The zero-order chi connectivity index (χ0) is 8.73. The van der Waals surface area contributed by atoms with Crippen molar-refractivity contribution in [1.29, 1.82) is 0 Å². The first-order chi connectivity index (χ1) is 6.41. The first-order valence-electron chi connectivity index (χ1n) is 4.90. The standard InChI is InChI=1S/C10H13N3/c1-3-10(4-1)6-12-9(10)8-2-5-11-7-13-8/h2,5,7,9,12H,1,3-4,6H2. The van der Waals surface area contributed by atoms with Crippen LogP contribution in [0.4, 0.5) is 0 Å². The third-order valence-electron chi connectivity index (χ3n) is 3.52. The van der Waals surface area contributed by atoms with E-state index in [1.54, 1.807) is 6.33 Å². The normalized spacial score (nSPS) is 29.4. The van der Waals surface area contributed by atoms with Crippen molar-refractivity contribution < 1.29 is 0 Å². The number of rotatable bonds is 1. The first kappa shape index (κ1) is 7.44. The smallest absolute Gasteiger partial charge is 0.115 e. The molecule has 13 heavy (non-hydrogen) atoms. The predicted octanol–water partition coefficient (Wildman–Crippen LogP) is 1.29. The van der Waals surface area contributed by atoms with E-state index in [-0.39, 0.29) is 0 Å². The number of aromatic nitrogens is 2. The van der Waals surface area contributed by atoms with Crippen LogP contribution in [0.15, 0.2) is 18.6 Å². The van der Waals surface area contributed by atoms with Gasteiger partial charge in [-0.2, -0.15) is 0 Å². The van der Waals surface area contributed by atoms with Crippen LogP contribution in [0, 0.1) is 5.41 Å². The van der Waals surface area contributed by atoms with Crippen molar-refractivity contribution in [2.45, 2.75) is 25.3 Å². The molecule has 1 aromatic rings. The lowest BCUT2D eigenvalue weighted by molar-refractivity contribution is -0.00781. The molecule has 1 saturated heterocycles. The maximum Gasteiger partial charge on any atom is 0.115 e. The van der Waals surface area contributed by atoms with E-state index in [4.69, 9.17) is 0 Å². The summed E-state index contributed by atoms with van der Waals surface area (Å²) in [5, 5.41) is 3.46. The Balaban J connectivity index is 1.87. The predicted molar refractivity (Wildman–Crippen MR) is 49.1 cm³/mol. The molecule has 1 aliphatic heterocycles. The van der Waals surface area contributed by atoms with Gasteiger partial charge in [0.05, 0.1) is 11.7 Å². The number of hydrogen-bond donors (Lipinski definition) is 1. The summed E-state index contributed by atoms with van der Waals surface area (Å²) in [7, 11) is 0. The average molecular weight is 175 g/mol. The van der Waals surface area contributed by atoms with Crippen molar-refractivity contribution in [3.8, 4) is 0 Å². The first-order valence-corrected chi connectivity index (χ1v) is 4.90. The van der Waals surface area contributed by atoms with E-state index in [9.17, 15) is 0 Å². The summed E-state index contributed by atoms with van der Waals surface area (Å²) in [6.45, 7) is 1.18. The molecule has 0 aromatic carbocycles. The van der Waals surface area contributed by atoms with Gasteiger partial charge in [0, 0.05) is 18.2 Å². The molecule has 2 aliphatic rings. The summed E-state index contributed by atoms with van der Waals surface area (Å²) in [4.78, 5) is 8.24. The van der Waals surface area contributed by atoms with E-state index in [2.05, 4.69) is 15.3 Å². The fraction of sp³-hybridized carbons (Fsp3) is 0.600. The lowest BCUT2D eigenvalue weighted by atomic mass is 9.58. The van der Waals surface area contributed by atoms with Crippen LogP contribution < -0.4 is 5.32 Å². The molecule has 3 heteroatoms. The second-order valence-electron chi connectivity index (χ2n) is 4.16. The van der Waals surface area contributed by atoms with E-state index in [1.165, 1.54) is 31.5 Å². The van der Waals surface area contributed by atoms with E-state index < -0.39 is 0 Å². The van der Waals surface area contributed by atoms with Gasteiger partial charge in [-0.3, -0.25) is 0 Å². The van der Waals surface area contributed by atoms with Crippen LogP contribution in [0.2, 0.25) is 0 Å². The molecule has 1 N–H and O–H groups in total. The lowest BCUT2D eigenvalue weighted by Crippen LogP contribution is -2.59. The number of nitrogens with one attached hydrogen (secondary N) is 1. The Bertz CT molecular complexity index is 300. The minimum atomic E-state index is 0.504. The summed E-state index contributed by atoms with van der Waals surface area (Å²) in [5.41, 5.74) is 1.73. The fourth-order valence-electron chi connectivity index (χ4n) is 2.48. The Hall–Kier alpha value is -0.960. The van der Waals surface area contributed by atoms with Crippen LogP contribution in [0.1, 0.15) is 31.0 Å². The zero-order valence-electron chi connectivity index (χ0n) is 7.53. The van der Waals surface area contributed by atoms with Crippen LogP contribution in [0.5, 0.6) is 0 Å². The molecule has 0 radical (unpaired) electrons. The Labute approximate surface area is 77.6 Å². The largest absolute Gasteiger partial charge is 0.307 e. The van der Waals surface area contributed by atoms with Crippen molar-refractivity contribution in [3.63, 3.8) is 0 Å². The maximum atomic E-state index is 4.30. The summed E-state index contributed by atoms with van der Waals surface area (Å²) in [6.07, 6.45) is 7.60. The van der Waals surface area contributed by atoms with E-state index in [0.717, 1.165) is 0 Å². The lowest BCUT2D eigenvalue weighted by Gasteiger charge is -2.56. The van der Waals surface area contributed by atoms with Crippen molar-refractivity contribution in [3.05, 3.63) is 24.3 Å². The van der Waals surface area contributed by atoms with Gasteiger partial charge >= 0.3 is 0 Å². The molecule has 0 bridgehead atoms. The second-order valence-corrected chi connectivity index (χ2v) is 4.16. The molecule has 1 saturated carbocycles. The maximum absolute atomic E-state index is 4.30. The molecule has 1 aromatic heterocycles. The molecule has 1 atom stereocenters. The fourth-order valence-corrected chi connectivity index (χ4v) is 2.48. The molecule has 2 heterocycles. The monoisotopic (exact) mass is 175 g/mol. The molecule has 3 rings (SSSR count). The van der Waals surface area contributed by atoms with Crippen LogP contribution >= 0.6 is 0 Å². The highest BCUT2D eigenvalue weighted by Crippen LogP contribution is 2.54. The van der Waals surface area contributed by atoms with Gasteiger partial charge in [-0.15, -0.1) is 0 Å². The van der Waals surface area contributed by atoms with Gasteiger partial charge in [0.1, 0.15) is 6.33 Å². The summed E-state index contributed by atoms with van der Waals surface area (Å²) in [5.74, 6) is 0. The van der Waals surface area contributed by atoms with Gasteiger partial charge in [-0.05, 0) is 18.9 Å². The highest BCUT2D eigenvalue weighted by atomic mass is 15.1. The van der Waals surface area contributed by atoms with Crippen molar-refractivity contribution >= 4 is 0 Å². The topological polar surface area (TPSA) is 37.8 Å². The Morgan fingerprint density at radius 2 is 2.38 bits per heavy atom. The molecule has 0 amide bonds. The third kappa shape index (κ3) is 0.936. The molecule has 1 unspecified atom stereocenters. The molecule has 1 aliphatic carbocycles. The highest BCUT2D eigenvalue weighted by Gasteiger charge is 2.51. The van der Waals surface area contributed by atoms with E-state index in [1.807, 2.05) is 12.3 Å². The SMILES string of the molecule is c1cc(C2NCC23CCC3)ncn1. The molecular weight excluding hydrogens is 162 g/mol. The van der Waals surface area contributed by atoms with Gasteiger partial charge in [0.15, 0.2) is 0 Å². The van der Waals surface area contributed by atoms with E-state index >= 15 is 0 Å². The van der Waals surface area contributed by atoms with Gasteiger partial charge in [0.2, 0.25) is 0 Å². The van der Waals surface area contributed by atoms with Gasteiger partial charge in [0.25, 0.3) is 0 Å². The van der Waals surface area contributed by atoms with Gasteiger partial charge in [-0.25, -0.2) is 9.97 Å². The van der Waals surface area contributed by atoms with Crippen molar-refractivity contribution in [1.82, 2.24) is 15.3 Å². The quantitative estimate of drug-likeness (QED) is 0.699. The van der Waals surface area contributed by atoms with Crippen molar-refractivity contribution in [2.75, 3.05) is 6.54 Å². The summed E-state index contributed by atoms with van der Waals surface area (Å²) < 4.78 is 0. The Morgan fingerprint density at radius 3 is 2.85 bits per heavy atom. The minimum Gasteiger partial charge on any atom is -0.307 e. The molecule has 3 nitrogen and oxygen atoms in total. The van der Waals surface area contributed by atoms with Crippen LogP contribution in [0.3, 0.4) is 0 Å². The number of nitrogens with zero attached hydrogens (tertiary/aromatic N) is 2. The van der Waals surface area contributed by atoms with Crippen LogP contribution in [0.25, 0.3) is 0 Å². The average Bonchev–Trinajstić information content (AvgIpc) is 2.01. The van der Waals surface area contributed by atoms with Gasteiger partial charge < -0.3 is 5.32 Å². The summed E-state index contributed by atoms with van der Waals surface area (Å²) in [6, 6.07) is 2.53. The third-order valence-corrected chi connectivity index (χ3v) is 3.52. The van der Waals surface area contributed by atoms with Crippen LogP contribution in [-0.4, -0.2) is 16.5 Å². The van der Waals surface area contributed by atoms with Crippen molar-refractivity contribution in [2.24, 2.45) is 5.41 Å². The van der Waals surface area contributed by atoms with E-state index in [0.29, 0.717) is 11.5 Å². The molecule has 68 valence electrons. The second kappa shape index (κ2) is 2.51. The number of hydrogen-bond acceptors (Lipinski definition) is 3. The zero-order valence-corrected chi connectivity index (χ0v) is 7.53. The summed E-state index contributed by atoms with van der Waals surface area (Å²) >= 11 is 0. The molecular formula is C10H13N3. The molecule has 2 fully saturated rings. The Kier molecular flexibility index (Phi) is 1.44. The van der Waals surface area contributed by atoms with Gasteiger partial charge in [-0.1, -0.05) is 6.42 Å².